The third kappa shape index (κ3) is 3.24. The lowest BCUT2D eigenvalue weighted by Crippen LogP contribution is -2.38. The quantitative estimate of drug-likeness (QED) is 0.720. The van der Waals surface area contributed by atoms with Crippen LogP contribution in [0.4, 0.5) is 0 Å². The molecular formula is C21H17BrClNO2. The smallest absolute Gasteiger partial charge is 0.225 e. The summed E-state index contributed by atoms with van der Waals surface area (Å²) < 4.78 is 0.976. The molecule has 1 amide bonds. The molecule has 0 aromatic heterocycles. The van der Waals surface area contributed by atoms with Crippen LogP contribution < -0.4 is 5.32 Å². The van der Waals surface area contributed by atoms with Crippen molar-refractivity contribution in [3.8, 4) is 0 Å². The number of carbonyl (C=O) groups excluding carboxylic acids is 2. The second kappa shape index (κ2) is 7.01. The highest BCUT2D eigenvalue weighted by atomic mass is 79.9. The molecule has 3 nitrogen and oxygen atoms in total. The molecule has 0 bridgehead atoms. The van der Waals surface area contributed by atoms with Crippen molar-refractivity contribution in [2.45, 2.75) is 31.1 Å². The molecule has 1 aliphatic carbocycles. The predicted molar refractivity (Wildman–Crippen MR) is 105 cm³/mol. The molecule has 132 valence electrons. The first-order valence-electron chi connectivity index (χ1n) is 8.59. The molecule has 4 rings (SSSR count). The molecule has 2 aromatic rings. The summed E-state index contributed by atoms with van der Waals surface area (Å²) in [4.78, 5) is 25.3. The summed E-state index contributed by atoms with van der Waals surface area (Å²) in [6, 6.07) is 15.5. The van der Waals surface area contributed by atoms with E-state index in [-0.39, 0.29) is 23.5 Å². The van der Waals surface area contributed by atoms with Crippen LogP contribution in [-0.2, 0) is 9.59 Å². The van der Waals surface area contributed by atoms with Crippen molar-refractivity contribution in [1.82, 2.24) is 5.32 Å². The van der Waals surface area contributed by atoms with Crippen molar-refractivity contribution >= 4 is 39.2 Å². The van der Waals surface area contributed by atoms with Crippen molar-refractivity contribution in [3.63, 3.8) is 0 Å². The van der Waals surface area contributed by atoms with Crippen LogP contribution in [0.2, 0.25) is 5.02 Å². The summed E-state index contributed by atoms with van der Waals surface area (Å²) in [5, 5.41) is 3.61. The van der Waals surface area contributed by atoms with Crippen molar-refractivity contribution in [2.24, 2.45) is 0 Å². The van der Waals surface area contributed by atoms with Crippen LogP contribution in [-0.4, -0.2) is 11.7 Å². The van der Waals surface area contributed by atoms with Gasteiger partial charge in [-0.15, -0.1) is 0 Å². The van der Waals surface area contributed by atoms with Gasteiger partial charge in [0.1, 0.15) is 0 Å². The zero-order valence-corrected chi connectivity index (χ0v) is 16.3. The summed E-state index contributed by atoms with van der Waals surface area (Å²) in [5.41, 5.74) is 3.49. The maximum atomic E-state index is 13.0. The number of carbonyl (C=O) groups is 2. The van der Waals surface area contributed by atoms with E-state index in [1.54, 1.807) is 0 Å². The van der Waals surface area contributed by atoms with Crippen LogP contribution in [0.1, 0.15) is 42.2 Å². The van der Waals surface area contributed by atoms with Gasteiger partial charge in [-0.2, -0.15) is 0 Å². The highest BCUT2D eigenvalue weighted by Gasteiger charge is 2.38. The molecule has 1 aliphatic heterocycles. The van der Waals surface area contributed by atoms with Crippen LogP contribution >= 0.6 is 27.5 Å². The summed E-state index contributed by atoms with van der Waals surface area (Å²) in [7, 11) is 0. The van der Waals surface area contributed by atoms with Crippen molar-refractivity contribution in [3.05, 3.63) is 80.4 Å². The second-order valence-electron chi connectivity index (χ2n) is 6.80. The highest BCUT2D eigenvalue weighted by molar-refractivity contribution is 9.10. The third-order valence-electron chi connectivity index (χ3n) is 5.15. The van der Waals surface area contributed by atoms with E-state index in [1.165, 1.54) is 0 Å². The summed E-state index contributed by atoms with van der Waals surface area (Å²) in [6.07, 6.45) is 1.36. The first kappa shape index (κ1) is 17.5. The molecule has 2 aromatic carbocycles. The zero-order valence-electron chi connectivity index (χ0n) is 14.0. The number of nitrogens with one attached hydrogen (secondary N) is 1. The number of hydrogen-bond acceptors (Lipinski definition) is 2. The van der Waals surface area contributed by atoms with Gasteiger partial charge in [-0.3, -0.25) is 9.59 Å². The van der Waals surface area contributed by atoms with Gasteiger partial charge in [0.15, 0.2) is 5.78 Å². The fraction of sp³-hybridized carbons (Fsp3) is 0.238. The van der Waals surface area contributed by atoms with Gasteiger partial charge in [-0.05, 0) is 41.7 Å². The fourth-order valence-corrected chi connectivity index (χ4v) is 4.52. The molecule has 0 fully saturated rings. The average Bonchev–Trinajstić information content (AvgIpc) is 2.61. The van der Waals surface area contributed by atoms with Gasteiger partial charge in [0, 0.05) is 39.5 Å². The van der Waals surface area contributed by atoms with E-state index >= 15 is 0 Å². The van der Waals surface area contributed by atoms with Crippen molar-refractivity contribution in [1.29, 1.82) is 0 Å². The van der Waals surface area contributed by atoms with Gasteiger partial charge in [-0.25, -0.2) is 0 Å². The molecular weight excluding hydrogens is 414 g/mol. The number of allylic oxidation sites excluding steroid dienone is 2. The van der Waals surface area contributed by atoms with E-state index < -0.39 is 0 Å². The predicted octanol–water partition coefficient (Wildman–Crippen LogP) is 5.11. The summed E-state index contributed by atoms with van der Waals surface area (Å²) in [6.45, 7) is 0. The lowest BCUT2D eigenvalue weighted by molar-refractivity contribution is -0.122. The minimum absolute atomic E-state index is 0.00100. The van der Waals surface area contributed by atoms with Gasteiger partial charge >= 0.3 is 0 Å². The Balaban J connectivity index is 1.73. The zero-order chi connectivity index (χ0) is 18.3. The molecule has 0 saturated heterocycles. The van der Waals surface area contributed by atoms with Crippen molar-refractivity contribution < 1.29 is 9.59 Å². The Morgan fingerprint density at radius 2 is 1.69 bits per heavy atom. The van der Waals surface area contributed by atoms with E-state index in [2.05, 4.69) is 21.2 Å². The van der Waals surface area contributed by atoms with Gasteiger partial charge in [0.25, 0.3) is 0 Å². The fourth-order valence-electron chi connectivity index (χ4n) is 3.97. The molecule has 5 heteroatoms. The van der Waals surface area contributed by atoms with Crippen LogP contribution in [0.3, 0.4) is 0 Å². The van der Waals surface area contributed by atoms with E-state index in [0.29, 0.717) is 24.3 Å². The van der Waals surface area contributed by atoms with Gasteiger partial charge in [0.2, 0.25) is 5.91 Å². The molecule has 0 unspecified atom stereocenters. The Kier molecular flexibility index (Phi) is 4.72. The largest absolute Gasteiger partial charge is 0.329 e. The standard InChI is InChI=1S/C21H17BrClNO2/c22-14-7-5-12(6-8-14)16-11-20(26)24-18-9-13(10-19(25)21(16)18)15-3-1-2-4-17(15)23/h1-8,13,16H,9-11H2,(H,24,26)/t13-,16+/m0/s1. The lowest BCUT2D eigenvalue weighted by atomic mass is 9.73. The molecule has 1 heterocycles. The van der Waals surface area contributed by atoms with Gasteiger partial charge in [0.05, 0.1) is 0 Å². The van der Waals surface area contributed by atoms with E-state index in [1.807, 2.05) is 48.5 Å². The normalized spacial score (nSPS) is 22.8. The Bertz CT molecular complexity index is 920. The average molecular weight is 431 g/mol. The summed E-state index contributed by atoms with van der Waals surface area (Å²) in [5.74, 6) is -0.112. The SMILES string of the molecule is O=C1C[C@H](c2ccc(Br)cc2)C2=C(C[C@H](c3ccccc3Cl)CC2=O)N1. The molecule has 2 atom stereocenters. The molecule has 0 radical (unpaired) electrons. The van der Waals surface area contributed by atoms with Gasteiger partial charge < -0.3 is 5.32 Å². The van der Waals surface area contributed by atoms with E-state index in [0.717, 1.165) is 26.9 Å². The monoisotopic (exact) mass is 429 g/mol. The van der Waals surface area contributed by atoms with Crippen LogP contribution in [0.15, 0.2) is 64.3 Å². The minimum atomic E-state index is -0.174. The lowest BCUT2D eigenvalue weighted by Gasteiger charge is -2.34. The van der Waals surface area contributed by atoms with Crippen LogP contribution in [0, 0.1) is 0 Å². The topological polar surface area (TPSA) is 46.2 Å². The minimum Gasteiger partial charge on any atom is -0.329 e. The number of rotatable bonds is 2. The number of amides is 1. The number of hydrogen-bond donors (Lipinski definition) is 1. The van der Waals surface area contributed by atoms with E-state index in [4.69, 9.17) is 11.6 Å². The Morgan fingerprint density at radius 3 is 2.42 bits per heavy atom. The van der Waals surface area contributed by atoms with E-state index in [9.17, 15) is 9.59 Å². The number of halogens is 2. The molecule has 26 heavy (non-hydrogen) atoms. The molecule has 1 N–H and O–H groups in total. The second-order valence-corrected chi connectivity index (χ2v) is 8.12. The summed E-state index contributed by atoms with van der Waals surface area (Å²) >= 11 is 9.76. The van der Waals surface area contributed by atoms with Crippen molar-refractivity contribution in [2.75, 3.05) is 0 Å². The molecule has 2 aliphatic rings. The number of benzene rings is 2. The first-order chi connectivity index (χ1) is 12.5. The molecule has 0 spiro atoms. The maximum Gasteiger partial charge on any atom is 0.225 e. The first-order valence-corrected chi connectivity index (χ1v) is 9.76. The number of ketones is 1. The highest BCUT2D eigenvalue weighted by Crippen LogP contribution is 2.43. The Labute approximate surface area is 165 Å². The Morgan fingerprint density at radius 1 is 0.962 bits per heavy atom. The third-order valence-corrected chi connectivity index (χ3v) is 6.03. The van der Waals surface area contributed by atoms with Crippen LogP contribution in [0.5, 0.6) is 0 Å². The van der Waals surface area contributed by atoms with Crippen LogP contribution in [0.25, 0.3) is 0 Å². The van der Waals surface area contributed by atoms with Gasteiger partial charge in [-0.1, -0.05) is 57.9 Å². The molecule has 0 saturated carbocycles. The maximum absolute atomic E-state index is 13.0. The number of Topliss-reactive ketones (excluding diaryl/α,β-unsaturated/α-hetero) is 1. The Hall–Kier alpha value is -1.91.